The van der Waals surface area contributed by atoms with Crippen LogP contribution in [0.15, 0.2) is 42.5 Å². The summed E-state index contributed by atoms with van der Waals surface area (Å²) >= 11 is 0. The summed E-state index contributed by atoms with van der Waals surface area (Å²) in [5.41, 5.74) is 8.76. The van der Waals surface area contributed by atoms with Gasteiger partial charge in [-0.05, 0) is 35.9 Å². The number of amides is 11. The average Bonchev–Trinajstić information content (AvgIpc) is 3.71. The number of carboxylic acids is 1. The molecule has 2 aromatic rings. The van der Waals surface area contributed by atoms with Crippen molar-refractivity contribution in [3.05, 3.63) is 63.7 Å². The van der Waals surface area contributed by atoms with E-state index in [1.54, 1.807) is 0 Å². The molecule has 15 N–H and O–H groups in total. The molecule has 0 unspecified atom stereocenters. The Bertz CT molecular complexity index is 2490. The summed E-state index contributed by atoms with van der Waals surface area (Å²) in [5, 5.41) is 59.2. The largest absolute Gasteiger partial charge is 0.502 e. The number of anilines is 1. The number of hydrogen-bond donors (Lipinski definition) is 13. The van der Waals surface area contributed by atoms with Crippen molar-refractivity contribution in [2.45, 2.75) is 74.2 Å². The molecular weight excluding hydrogens is 1030 g/mol. The zero-order valence-electron chi connectivity index (χ0n) is 37.6. The molecule has 4 rings (SSSR count). The van der Waals surface area contributed by atoms with E-state index in [9.17, 15) is 91.3 Å². The lowest BCUT2D eigenvalue weighted by Crippen LogP contribution is -2.58. The summed E-state index contributed by atoms with van der Waals surface area (Å²) in [5.74, 6) is -13.8. The minimum atomic E-state index is -4.72. The van der Waals surface area contributed by atoms with E-state index < -0.39 is 192 Å². The van der Waals surface area contributed by atoms with E-state index in [4.69, 9.17) is 11.5 Å². The first-order chi connectivity index (χ1) is 34.2. The second-order valence-electron chi connectivity index (χ2n) is 15.9. The number of nitrogens with one attached hydrogen (secondary N) is 8. The van der Waals surface area contributed by atoms with Gasteiger partial charge < -0.3 is 74.2 Å². The van der Waals surface area contributed by atoms with E-state index in [0.717, 1.165) is 56.8 Å². The molecule has 28 nitrogen and oxygen atoms in total. The molecule has 2 saturated heterocycles. The number of benzene rings is 2. The monoisotopic (exact) mass is 1070 g/mol. The first kappa shape index (κ1) is 57.6. The van der Waals surface area contributed by atoms with Crippen molar-refractivity contribution in [1.82, 2.24) is 42.1 Å². The molecule has 2 aliphatic rings. The lowest BCUT2D eigenvalue weighted by atomic mass is 10.0. The Morgan fingerprint density at radius 1 is 0.808 bits per heavy atom. The Morgan fingerprint density at radius 2 is 1.42 bits per heavy atom. The van der Waals surface area contributed by atoms with Gasteiger partial charge in [-0.3, -0.25) is 58.1 Å². The van der Waals surface area contributed by atoms with Crippen molar-refractivity contribution in [3.63, 3.8) is 0 Å². The molecule has 2 fully saturated rings. The highest BCUT2D eigenvalue weighted by Gasteiger charge is 2.41. The molecule has 0 aliphatic carbocycles. The quantitative estimate of drug-likeness (QED) is 0.0621. The van der Waals surface area contributed by atoms with Crippen LogP contribution in [0.25, 0.3) is 0 Å². The van der Waals surface area contributed by atoms with E-state index in [-0.39, 0.29) is 11.3 Å². The molecule has 11 amide bonds. The summed E-state index contributed by atoms with van der Waals surface area (Å²) in [6, 6.07) is -5.66. The SMILES string of the molecule is NC(=O)C[C@@H]1NC(=O)[C@@H]2C[C@@H](O)CN2C(=O)CNC(=O)[C@H](Cc2ccc(O)c([N+](=O)[O-])c2)NC(=O)CNC(=O)[C@@H](CC(=O)O)NC(=O)[C@H](NC(=O)Nc2ccc(C(F)(F)F)cc2)CSSC[C@H](C(N)=O)NC1=O. The maximum absolute atomic E-state index is 13.7. The smallest absolute Gasteiger partial charge is 0.416 e. The molecule has 33 heteroatoms. The number of carboxylic acid groups (broad SMARTS) is 1. The Kier molecular flexibility index (Phi) is 20.5. The van der Waals surface area contributed by atoms with Gasteiger partial charge in [-0.1, -0.05) is 27.7 Å². The number of carbonyl (C=O) groups excluding carboxylic acids is 10. The van der Waals surface area contributed by atoms with Gasteiger partial charge in [-0.15, -0.1) is 0 Å². The number of urea groups is 1. The van der Waals surface area contributed by atoms with E-state index in [1.165, 1.54) is 0 Å². The van der Waals surface area contributed by atoms with Crippen molar-refractivity contribution >= 4 is 98.1 Å². The summed E-state index contributed by atoms with van der Waals surface area (Å²) in [4.78, 5) is 156. The standard InChI is InChI=1S/C40H47F3N12O16S2/c41-40(42,43)18-2-4-19(5-3-18)48-39(69)53-25-16-73-72-15-24(33(45)63)52-36(66)22(10-29(44)58)51-38(68)27-9-20(56)14-54(27)31(60)13-47-34(64)21(7-17-1-6-28(57)26(8-17)55(70)71)49-30(59)12-46-35(65)23(11-32(61)62)50-37(25)67/h1-6,8,20-25,27,56-57H,7,9-16H2,(H2,44,58)(H2,45,63)(H,46,65)(H,47,64)(H,49,59)(H,50,67)(H,51,68)(H,52,66)(H,61,62)(H2,48,53,69)/t20-,21+,22+,23-,24-,25-,27+/m1/s1. The normalized spacial score (nSPS) is 23.5. The predicted molar refractivity (Wildman–Crippen MR) is 246 cm³/mol. The molecule has 2 aliphatic heterocycles. The molecular formula is C40H47F3N12O16S2. The molecule has 0 saturated carbocycles. The molecule has 7 atom stereocenters. The molecule has 2 aromatic carbocycles. The van der Waals surface area contributed by atoms with Crippen LogP contribution in [0.5, 0.6) is 5.75 Å². The van der Waals surface area contributed by atoms with Crippen molar-refractivity contribution in [3.8, 4) is 5.75 Å². The van der Waals surface area contributed by atoms with Crippen LogP contribution in [0.2, 0.25) is 0 Å². The highest BCUT2D eigenvalue weighted by atomic mass is 33.1. The minimum absolute atomic E-state index is 0.0342. The molecule has 0 spiro atoms. The second kappa shape index (κ2) is 26.0. The van der Waals surface area contributed by atoms with Gasteiger partial charge >= 0.3 is 23.9 Å². The zero-order valence-corrected chi connectivity index (χ0v) is 39.2. The lowest BCUT2D eigenvalue weighted by molar-refractivity contribution is -0.385. The van der Waals surface area contributed by atoms with Crippen LogP contribution in [0.3, 0.4) is 0 Å². The maximum atomic E-state index is 13.7. The first-order valence-corrected chi connectivity index (χ1v) is 23.7. The number of phenolic OH excluding ortho intramolecular Hbond substituents is 1. The molecule has 0 bridgehead atoms. The second-order valence-corrected chi connectivity index (χ2v) is 18.5. The van der Waals surface area contributed by atoms with E-state index in [1.807, 2.05) is 0 Å². The third kappa shape index (κ3) is 17.7. The number of phenols is 1. The highest BCUT2D eigenvalue weighted by Crippen LogP contribution is 2.30. The van der Waals surface area contributed by atoms with Crippen LogP contribution >= 0.6 is 21.6 Å². The summed E-state index contributed by atoms with van der Waals surface area (Å²) in [7, 11) is 1.46. The fraction of sp³-hybridized carbons (Fsp3) is 0.425. The van der Waals surface area contributed by atoms with Crippen molar-refractivity contribution in [2.75, 3.05) is 36.5 Å². The minimum Gasteiger partial charge on any atom is -0.502 e. The van der Waals surface area contributed by atoms with Crippen molar-refractivity contribution in [2.24, 2.45) is 11.5 Å². The van der Waals surface area contributed by atoms with Gasteiger partial charge in [0.25, 0.3) is 0 Å². The number of primary amides is 2. The zero-order chi connectivity index (χ0) is 54.3. The van der Waals surface area contributed by atoms with Gasteiger partial charge in [-0.25, -0.2) is 4.79 Å². The van der Waals surface area contributed by atoms with Gasteiger partial charge in [0.05, 0.1) is 42.5 Å². The van der Waals surface area contributed by atoms with Crippen LogP contribution < -0.4 is 54.0 Å². The number of aliphatic hydroxyl groups excluding tert-OH is 1. The molecule has 0 radical (unpaired) electrons. The fourth-order valence-corrected chi connectivity index (χ4v) is 9.17. The Labute approximate surface area is 416 Å². The summed E-state index contributed by atoms with van der Waals surface area (Å²) in [6.07, 6.45) is -9.08. The number of nitrogens with two attached hydrogens (primary N) is 2. The molecule has 396 valence electrons. The lowest BCUT2D eigenvalue weighted by Gasteiger charge is -2.27. The van der Waals surface area contributed by atoms with Crippen LogP contribution in [0.4, 0.5) is 29.3 Å². The Balaban J connectivity index is 1.69. The Hall–Kier alpha value is -7.94. The van der Waals surface area contributed by atoms with Gasteiger partial charge in [0.2, 0.25) is 53.2 Å². The third-order valence-electron chi connectivity index (χ3n) is 10.4. The van der Waals surface area contributed by atoms with Gasteiger partial charge in [0, 0.05) is 42.6 Å². The molecule has 73 heavy (non-hydrogen) atoms. The number of aliphatic carboxylic acids is 1. The number of aliphatic hydroxyl groups is 1. The fourth-order valence-electron chi connectivity index (χ4n) is 6.83. The van der Waals surface area contributed by atoms with Crippen LogP contribution in [0.1, 0.15) is 30.4 Å². The van der Waals surface area contributed by atoms with E-state index in [2.05, 4.69) is 42.5 Å². The highest BCUT2D eigenvalue weighted by molar-refractivity contribution is 8.76. The van der Waals surface area contributed by atoms with E-state index >= 15 is 0 Å². The van der Waals surface area contributed by atoms with Gasteiger partial charge in [0.1, 0.15) is 36.3 Å². The molecule has 0 aromatic heterocycles. The number of hydrogen-bond acceptors (Lipinski definition) is 17. The maximum Gasteiger partial charge on any atom is 0.416 e. The topological polar surface area (TPSA) is 443 Å². The Morgan fingerprint density at radius 3 is 2.04 bits per heavy atom. The number of rotatable bonds is 10. The van der Waals surface area contributed by atoms with Gasteiger partial charge in [-0.2, -0.15) is 13.2 Å². The summed E-state index contributed by atoms with van der Waals surface area (Å²) < 4.78 is 39.4. The van der Waals surface area contributed by atoms with Crippen LogP contribution in [-0.2, 0) is 60.5 Å². The number of halogens is 3. The number of fused-ring (bicyclic) bond motifs is 1. The number of nitro benzene ring substituents is 1. The van der Waals surface area contributed by atoms with Crippen molar-refractivity contribution in [1.29, 1.82) is 0 Å². The number of aromatic hydroxyl groups is 1. The van der Waals surface area contributed by atoms with Crippen molar-refractivity contribution < 1.29 is 86.2 Å². The number of nitro groups is 1. The van der Waals surface area contributed by atoms with Gasteiger partial charge in [0.15, 0.2) is 5.75 Å². The van der Waals surface area contributed by atoms with Crippen LogP contribution in [0, 0.1) is 10.1 Å². The number of carbonyl (C=O) groups is 11. The first-order valence-electron chi connectivity index (χ1n) is 21.2. The van der Waals surface area contributed by atoms with Crippen LogP contribution in [-0.4, -0.2) is 164 Å². The predicted octanol–water partition coefficient (Wildman–Crippen LogP) is -3.58. The number of nitrogens with zero attached hydrogens (tertiary/aromatic N) is 2. The number of alkyl halides is 3. The average molecular weight is 1070 g/mol. The third-order valence-corrected chi connectivity index (χ3v) is 12.8. The molecule has 2 heterocycles. The van der Waals surface area contributed by atoms with E-state index in [0.29, 0.717) is 12.1 Å². The summed E-state index contributed by atoms with van der Waals surface area (Å²) in [6.45, 7) is -2.46.